The molecule has 1 aromatic heterocycles. The summed E-state index contributed by atoms with van der Waals surface area (Å²) >= 11 is 0. The molecular weight excluding hydrogens is 240 g/mol. The predicted molar refractivity (Wildman–Crippen MR) is 74.9 cm³/mol. The van der Waals surface area contributed by atoms with Gasteiger partial charge in [-0.2, -0.15) is 5.10 Å². The normalized spacial score (nSPS) is 21.3. The van der Waals surface area contributed by atoms with Crippen LogP contribution in [0.15, 0.2) is 6.58 Å². The van der Waals surface area contributed by atoms with Gasteiger partial charge in [0.25, 0.3) is 0 Å². The van der Waals surface area contributed by atoms with Crippen molar-refractivity contribution < 1.29 is 9.53 Å². The quantitative estimate of drug-likeness (QED) is 0.766. The van der Waals surface area contributed by atoms with Crippen LogP contribution in [0.4, 0.5) is 0 Å². The highest BCUT2D eigenvalue weighted by Gasteiger charge is 2.34. The first-order valence-electron chi connectivity index (χ1n) is 6.86. The maximum atomic E-state index is 11.4. The molecule has 0 aliphatic heterocycles. The Hall–Kier alpha value is -1.58. The summed E-state index contributed by atoms with van der Waals surface area (Å²) in [6.07, 6.45) is 0.968. The van der Waals surface area contributed by atoms with Crippen molar-refractivity contribution in [3.05, 3.63) is 23.5 Å². The Labute approximate surface area is 114 Å². The van der Waals surface area contributed by atoms with E-state index in [1.54, 1.807) is 6.92 Å². The van der Waals surface area contributed by atoms with E-state index in [-0.39, 0.29) is 5.78 Å². The predicted octanol–water partition coefficient (Wildman–Crippen LogP) is 2.78. The Bertz CT molecular complexity index is 516. The highest BCUT2D eigenvalue weighted by Crippen LogP contribution is 2.41. The van der Waals surface area contributed by atoms with Crippen LogP contribution in [0.3, 0.4) is 0 Å². The smallest absolute Gasteiger partial charge is 0.151 e. The third kappa shape index (κ3) is 2.44. The molecule has 1 aliphatic rings. The van der Waals surface area contributed by atoms with E-state index in [2.05, 4.69) is 25.5 Å². The Balaban J connectivity index is 2.45. The molecule has 0 spiro atoms. The van der Waals surface area contributed by atoms with Gasteiger partial charge >= 0.3 is 0 Å². The van der Waals surface area contributed by atoms with Gasteiger partial charge in [0, 0.05) is 11.3 Å². The SMILES string of the molecule is C=C(OCC)c1nn(CC(C)=O)c2c1C(C)[C@H](C)C2. The first-order valence-corrected chi connectivity index (χ1v) is 6.86. The molecule has 2 atom stereocenters. The number of fused-ring (bicyclic) bond motifs is 1. The average molecular weight is 262 g/mol. The highest BCUT2D eigenvalue weighted by molar-refractivity contribution is 5.75. The zero-order valence-electron chi connectivity index (χ0n) is 12.2. The monoisotopic (exact) mass is 262 g/mol. The summed E-state index contributed by atoms with van der Waals surface area (Å²) < 4.78 is 7.33. The third-order valence-electron chi connectivity index (χ3n) is 3.88. The standard InChI is InChI=1S/C15H22N2O2/c1-6-19-12(5)15-14-11(4)9(2)7-13(14)17(16-15)8-10(3)18/h9,11H,5-8H2,1-4H3/t9-,11?/m1/s1. The summed E-state index contributed by atoms with van der Waals surface area (Å²) in [5, 5.41) is 4.55. The zero-order valence-corrected chi connectivity index (χ0v) is 12.2. The summed E-state index contributed by atoms with van der Waals surface area (Å²) in [6, 6.07) is 0. The van der Waals surface area contributed by atoms with E-state index >= 15 is 0 Å². The molecule has 104 valence electrons. The number of carbonyl (C=O) groups is 1. The lowest BCUT2D eigenvalue weighted by atomic mass is 9.95. The van der Waals surface area contributed by atoms with Crippen molar-refractivity contribution in [2.75, 3.05) is 6.61 Å². The van der Waals surface area contributed by atoms with Crippen molar-refractivity contribution in [2.24, 2.45) is 5.92 Å². The largest absolute Gasteiger partial charge is 0.492 e. The fourth-order valence-corrected chi connectivity index (χ4v) is 2.76. The number of carbonyl (C=O) groups excluding carboxylic acids is 1. The van der Waals surface area contributed by atoms with Crippen LogP contribution in [0.5, 0.6) is 0 Å². The van der Waals surface area contributed by atoms with E-state index in [0.29, 0.717) is 30.7 Å². The van der Waals surface area contributed by atoms with Gasteiger partial charge in [-0.1, -0.05) is 20.4 Å². The first-order chi connectivity index (χ1) is 8.95. The lowest BCUT2D eigenvalue weighted by molar-refractivity contribution is -0.117. The van der Waals surface area contributed by atoms with Gasteiger partial charge in [0.1, 0.15) is 11.5 Å². The van der Waals surface area contributed by atoms with Crippen molar-refractivity contribution in [2.45, 2.75) is 46.6 Å². The van der Waals surface area contributed by atoms with Crippen molar-refractivity contribution in [1.82, 2.24) is 9.78 Å². The van der Waals surface area contributed by atoms with E-state index in [0.717, 1.165) is 12.1 Å². The van der Waals surface area contributed by atoms with E-state index in [4.69, 9.17) is 4.74 Å². The van der Waals surface area contributed by atoms with Gasteiger partial charge < -0.3 is 4.74 Å². The molecule has 1 unspecified atom stereocenters. The van der Waals surface area contributed by atoms with Crippen LogP contribution in [0.25, 0.3) is 5.76 Å². The van der Waals surface area contributed by atoms with Crippen molar-refractivity contribution in [1.29, 1.82) is 0 Å². The minimum Gasteiger partial charge on any atom is -0.492 e. The molecule has 2 rings (SSSR count). The number of aromatic nitrogens is 2. The van der Waals surface area contributed by atoms with Gasteiger partial charge in [0.05, 0.1) is 13.2 Å². The molecule has 0 fully saturated rings. The second kappa shape index (κ2) is 5.19. The van der Waals surface area contributed by atoms with Crippen LogP contribution >= 0.6 is 0 Å². The van der Waals surface area contributed by atoms with Gasteiger partial charge in [0.2, 0.25) is 0 Å². The van der Waals surface area contributed by atoms with Gasteiger partial charge in [-0.05, 0) is 32.1 Å². The molecule has 1 heterocycles. The second-order valence-electron chi connectivity index (χ2n) is 5.39. The minimum atomic E-state index is 0.117. The molecule has 0 N–H and O–H groups in total. The van der Waals surface area contributed by atoms with Gasteiger partial charge in [0.15, 0.2) is 5.78 Å². The molecule has 1 aliphatic carbocycles. The summed E-state index contributed by atoms with van der Waals surface area (Å²) in [5.74, 6) is 1.73. The van der Waals surface area contributed by atoms with Crippen LogP contribution in [-0.2, 0) is 22.5 Å². The molecule has 0 radical (unpaired) electrons. The molecule has 4 nitrogen and oxygen atoms in total. The number of hydrogen-bond donors (Lipinski definition) is 0. The molecule has 1 aromatic rings. The van der Waals surface area contributed by atoms with Crippen LogP contribution < -0.4 is 0 Å². The molecule has 19 heavy (non-hydrogen) atoms. The second-order valence-corrected chi connectivity index (χ2v) is 5.39. The molecule has 0 saturated carbocycles. The number of ketones is 1. The Morgan fingerprint density at radius 2 is 2.21 bits per heavy atom. The molecule has 0 amide bonds. The summed E-state index contributed by atoms with van der Waals surface area (Å²) in [6.45, 7) is 12.8. The summed E-state index contributed by atoms with van der Waals surface area (Å²) in [4.78, 5) is 11.4. The lowest BCUT2D eigenvalue weighted by Gasteiger charge is -2.12. The Kier molecular flexibility index (Phi) is 3.78. The highest BCUT2D eigenvalue weighted by atomic mass is 16.5. The van der Waals surface area contributed by atoms with Crippen LogP contribution in [0.1, 0.15) is 50.6 Å². The van der Waals surface area contributed by atoms with E-state index in [1.807, 2.05) is 11.6 Å². The number of hydrogen-bond acceptors (Lipinski definition) is 3. The average Bonchev–Trinajstić information content (AvgIpc) is 2.80. The molecular formula is C15H22N2O2. The molecule has 4 heteroatoms. The van der Waals surface area contributed by atoms with Crippen molar-refractivity contribution in [3.8, 4) is 0 Å². The fraction of sp³-hybridized carbons (Fsp3) is 0.600. The molecule has 0 bridgehead atoms. The van der Waals surface area contributed by atoms with Crippen LogP contribution in [-0.4, -0.2) is 22.2 Å². The van der Waals surface area contributed by atoms with Gasteiger partial charge in [-0.15, -0.1) is 0 Å². The van der Waals surface area contributed by atoms with Crippen molar-refractivity contribution >= 4 is 11.5 Å². The van der Waals surface area contributed by atoms with Gasteiger partial charge in [-0.3, -0.25) is 9.48 Å². The number of nitrogens with zero attached hydrogens (tertiary/aromatic N) is 2. The minimum absolute atomic E-state index is 0.117. The van der Waals surface area contributed by atoms with E-state index < -0.39 is 0 Å². The number of ether oxygens (including phenoxy) is 1. The van der Waals surface area contributed by atoms with Crippen LogP contribution in [0.2, 0.25) is 0 Å². The Morgan fingerprint density at radius 1 is 1.53 bits per heavy atom. The third-order valence-corrected chi connectivity index (χ3v) is 3.88. The first kappa shape index (κ1) is 13.8. The zero-order chi connectivity index (χ0) is 14.2. The lowest BCUT2D eigenvalue weighted by Crippen LogP contribution is -2.12. The summed E-state index contributed by atoms with van der Waals surface area (Å²) in [7, 11) is 0. The van der Waals surface area contributed by atoms with Crippen LogP contribution in [0, 0.1) is 5.92 Å². The maximum Gasteiger partial charge on any atom is 0.151 e. The van der Waals surface area contributed by atoms with E-state index in [9.17, 15) is 4.79 Å². The van der Waals surface area contributed by atoms with Gasteiger partial charge in [-0.25, -0.2) is 0 Å². The number of Topliss-reactive ketones (excluding diaryl/α,β-unsaturated/α-hetero) is 1. The molecule has 0 saturated heterocycles. The van der Waals surface area contributed by atoms with Crippen molar-refractivity contribution in [3.63, 3.8) is 0 Å². The topological polar surface area (TPSA) is 44.1 Å². The Morgan fingerprint density at radius 3 is 2.79 bits per heavy atom. The fourth-order valence-electron chi connectivity index (χ4n) is 2.76. The maximum absolute atomic E-state index is 11.4. The number of rotatable bonds is 5. The molecule has 0 aromatic carbocycles. The summed E-state index contributed by atoms with van der Waals surface area (Å²) in [5.41, 5.74) is 3.22. The van der Waals surface area contributed by atoms with E-state index in [1.165, 1.54) is 11.3 Å².